The van der Waals surface area contributed by atoms with Crippen LogP contribution in [0.1, 0.15) is 9.80 Å². The summed E-state index contributed by atoms with van der Waals surface area (Å²) in [5, 5.41) is 0.589. The number of anilines is 1. The predicted molar refractivity (Wildman–Crippen MR) is 90.7 cm³/mol. The topological polar surface area (TPSA) is 50.6 Å². The number of rotatable bonds is 2. The van der Waals surface area contributed by atoms with E-state index in [0.717, 1.165) is 42.2 Å². The van der Waals surface area contributed by atoms with Crippen LogP contribution in [0.2, 0.25) is 0 Å². The number of carbonyl (C=O) groups is 1. The van der Waals surface area contributed by atoms with E-state index in [1.165, 1.54) is 11.3 Å². The summed E-state index contributed by atoms with van der Waals surface area (Å²) in [7, 11) is 0. The highest BCUT2D eigenvalue weighted by molar-refractivity contribution is 7.20. The van der Waals surface area contributed by atoms with Crippen molar-refractivity contribution in [3.8, 4) is 0 Å². The van der Waals surface area contributed by atoms with Crippen LogP contribution in [0.5, 0.6) is 0 Å². The molecule has 2 aromatic heterocycles. The minimum absolute atomic E-state index is 0.0443. The van der Waals surface area contributed by atoms with E-state index in [1.807, 2.05) is 47.5 Å². The van der Waals surface area contributed by atoms with Crippen LogP contribution in [-0.4, -0.2) is 42.0 Å². The van der Waals surface area contributed by atoms with Crippen LogP contribution in [-0.2, 0) is 0 Å². The summed E-state index contributed by atoms with van der Waals surface area (Å²) in [6, 6.07) is 13.9. The van der Waals surface area contributed by atoms with Crippen LogP contribution < -0.4 is 9.88 Å². The zero-order valence-corrected chi connectivity index (χ0v) is 13.4. The molecule has 0 aliphatic carbocycles. The van der Waals surface area contributed by atoms with E-state index in [4.69, 9.17) is 0 Å². The quantitative estimate of drug-likeness (QED) is 0.725. The number of carbonyl (C=O) groups excluding carboxylic acids is 1. The Bertz CT molecular complexity index is 792. The monoisotopic (exact) mass is 325 g/mol. The number of aromatic amines is 1. The normalized spacial score (nSPS) is 15.1. The summed E-state index contributed by atoms with van der Waals surface area (Å²) in [5.74, 6) is 1.14. The molecule has 0 atom stereocenters. The van der Waals surface area contributed by atoms with E-state index >= 15 is 0 Å². The molecule has 1 fully saturated rings. The molecule has 116 valence electrons. The molecule has 3 aromatic rings. The van der Waals surface area contributed by atoms with Gasteiger partial charge in [-0.05, 0) is 18.2 Å². The molecule has 0 radical (unpaired) electrons. The average Bonchev–Trinajstić information content (AvgIpc) is 3.06. The molecule has 0 spiro atoms. The molecule has 1 aliphatic rings. The van der Waals surface area contributed by atoms with Gasteiger partial charge in [-0.1, -0.05) is 18.2 Å². The molecule has 0 saturated carbocycles. The highest BCUT2D eigenvalue weighted by Crippen LogP contribution is 2.23. The molecule has 6 heteroatoms. The summed E-state index contributed by atoms with van der Waals surface area (Å²) in [6.45, 7) is 3.10. The number of hydrogen-bond donors (Lipinski definition) is 0. The number of fused-ring (bicyclic) bond motifs is 1. The number of para-hydroxylation sites is 1. The maximum absolute atomic E-state index is 12.7. The van der Waals surface area contributed by atoms with Crippen molar-refractivity contribution in [1.82, 2.24) is 9.88 Å². The van der Waals surface area contributed by atoms with Gasteiger partial charge in [0.05, 0.1) is 29.5 Å². The molecule has 1 saturated heterocycles. The van der Waals surface area contributed by atoms with Gasteiger partial charge < -0.3 is 4.90 Å². The van der Waals surface area contributed by atoms with Crippen LogP contribution in [0.3, 0.4) is 0 Å². The third kappa shape index (κ3) is 2.77. The fraction of sp³-hybridized carbons (Fsp3) is 0.235. The molecule has 1 amide bonds. The Labute approximate surface area is 138 Å². The van der Waals surface area contributed by atoms with Gasteiger partial charge in [0.25, 0.3) is 11.7 Å². The van der Waals surface area contributed by atoms with Crippen molar-refractivity contribution in [2.24, 2.45) is 0 Å². The average molecular weight is 325 g/mol. The first kappa shape index (κ1) is 14.1. The Balaban J connectivity index is 1.46. The molecule has 3 heterocycles. The van der Waals surface area contributed by atoms with Crippen molar-refractivity contribution in [2.45, 2.75) is 0 Å². The van der Waals surface area contributed by atoms with Crippen molar-refractivity contribution >= 4 is 33.3 Å². The number of benzene rings is 1. The van der Waals surface area contributed by atoms with E-state index in [0.29, 0.717) is 5.01 Å². The summed E-state index contributed by atoms with van der Waals surface area (Å²) in [6.07, 6.45) is 1.92. The second-order valence-electron chi connectivity index (χ2n) is 5.51. The number of hydrogen-bond acceptors (Lipinski definition) is 4. The maximum atomic E-state index is 12.7. The van der Waals surface area contributed by atoms with Crippen LogP contribution >= 0.6 is 11.3 Å². The van der Waals surface area contributed by atoms with Crippen molar-refractivity contribution in [2.75, 3.05) is 31.1 Å². The van der Waals surface area contributed by atoms with E-state index in [9.17, 15) is 4.79 Å². The first-order valence-electron chi connectivity index (χ1n) is 7.68. The van der Waals surface area contributed by atoms with E-state index in [1.54, 1.807) is 0 Å². The number of aromatic nitrogens is 2. The van der Waals surface area contributed by atoms with E-state index in [2.05, 4.69) is 20.9 Å². The molecule has 1 aliphatic heterocycles. The van der Waals surface area contributed by atoms with Crippen LogP contribution in [0, 0.1) is 0 Å². The highest BCUT2D eigenvalue weighted by Gasteiger charge is 2.28. The molecule has 1 aromatic carbocycles. The molecule has 1 N–H and O–H groups in total. The van der Waals surface area contributed by atoms with Gasteiger partial charge in [-0.3, -0.25) is 9.69 Å². The Morgan fingerprint density at radius 3 is 2.57 bits per heavy atom. The number of piperazine rings is 1. The molecule has 5 nitrogen and oxygen atoms in total. The Hall–Kier alpha value is -2.47. The second kappa shape index (κ2) is 5.96. The van der Waals surface area contributed by atoms with Crippen LogP contribution in [0.15, 0.2) is 48.7 Å². The number of nitrogens with one attached hydrogen (secondary N) is 1. The van der Waals surface area contributed by atoms with E-state index < -0.39 is 0 Å². The second-order valence-corrected chi connectivity index (χ2v) is 6.54. The molecular weight excluding hydrogens is 308 g/mol. The van der Waals surface area contributed by atoms with Gasteiger partial charge in [0, 0.05) is 6.07 Å². The first-order chi connectivity index (χ1) is 11.3. The largest absolute Gasteiger partial charge is 0.329 e. The third-order valence-electron chi connectivity index (χ3n) is 4.08. The fourth-order valence-corrected chi connectivity index (χ4v) is 3.76. The first-order valence-corrected chi connectivity index (χ1v) is 8.49. The zero-order valence-electron chi connectivity index (χ0n) is 12.6. The zero-order chi connectivity index (χ0) is 15.6. The summed E-state index contributed by atoms with van der Waals surface area (Å²) < 4.78 is 1.06. The minimum Gasteiger partial charge on any atom is -0.329 e. The van der Waals surface area contributed by atoms with Gasteiger partial charge >= 0.3 is 0 Å². The minimum atomic E-state index is 0.0443. The summed E-state index contributed by atoms with van der Waals surface area (Å²) in [4.78, 5) is 24.5. The standard InChI is InChI=1S/C17H16N4OS/c22-17(16-19-13-5-1-2-6-14(13)23-16)21-11-9-20(10-12-21)15-7-3-4-8-18-15/h1-8H,9-12H2/p+1. The van der Waals surface area contributed by atoms with Crippen molar-refractivity contribution in [3.05, 3.63) is 53.7 Å². The fourth-order valence-electron chi connectivity index (χ4n) is 2.83. The lowest BCUT2D eigenvalue weighted by molar-refractivity contribution is -0.364. The maximum Gasteiger partial charge on any atom is 0.283 e. The predicted octanol–water partition coefficient (Wildman–Crippen LogP) is 2.07. The van der Waals surface area contributed by atoms with E-state index in [-0.39, 0.29) is 5.91 Å². The lowest BCUT2D eigenvalue weighted by Crippen LogP contribution is -2.50. The molecule has 0 unspecified atom stereocenters. The number of pyridine rings is 1. The molecular formula is C17H17N4OS+. The SMILES string of the molecule is O=C(c1nc2ccccc2s1)N1CCN(c2cccc[nH+]2)CC1. The Kier molecular flexibility index (Phi) is 3.67. The lowest BCUT2D eigenvalue weighted by atomic mass is 10.3. The smallest absolute Gasteiger partial charge is 0.283 e. The summed E-state index contributed by atoms with van der Waals surface area (Å²) in [5.41, 5.74) is 0.901. The lowest BCUT2D eigenvalue weighted by Gasteiger charge is -2.30. The Morgan fingerprint density at radius 1 is 1.04 bits per heavy atom. The summed E-state index contributed by atoms with van der Waals surface area (Å²) >= 11 is 1.47. The number of H-pyrrole nitrogens is 1. The van der Waals surface area contributed by atoms with Crippen molar-refractivity contribution in [3.63, 3.8) is 0 Å². The third-order valence-corrected chi connectivity index (χ3v) is 5.10. The van der Waals surface area contributed by atoms with Crippen molar-refractivity contribution in [1.29, 1.82) is 0 Å². The van der Waals surface area contributed by atoms with Crippen LogP contribution in [0.25, 0.3) is 10.2 Å². The molecule has 4 rings (SSSR count). The van der Waals surface area contributed by atoms with Gasteiger partial charge in [0.15, 0.2) is 5.01 Å². The highest BCUT2D eigenvalue weighted by atomic mass is 32.1. The van der Waals surface area contributed by atoms with Gasteiger partial charge in [-0.2, -0.15) is 0 Å². The number of thiazole rings is 1. The van der Waals surface area contributed by atoms with Gasteiger partial charge in [0.1, 0.15) is 13.1 Å². The number of nitrogens with zero attached hydrogens (tertiary/aromatic N) is 3. The van der Waals surface area contributed by atoms with Crippen LogP contribution in [0.4, 0.5) is 5.82 Å². The number of amides is 1. The molecule has 0 bridgehead atoms. The van der Waals surface area contributed by atoms with Gasteiger partial charge in [0.2, 0.25) is 0 Å². The molecule has 23 heavy (non-hydrogen) atoms. The van der Waals surface area contributed by atoms with Gasteiger partial charge in [-0.25, -0.2) is 9.97 Å². The van der Waals surface area contributed by atoms with Gasteiger partial charge in [-0.15, -0.1) is 11.3 Å². The Morgan fingerprint density at radius 2 is 1.83 bits per heavy atom. The van der Waals surface area contributed by atoms with Crippen molar-refractivity contribution < 1.29 is 9.78 Å².